The summed E-state index contributed by atoms with van der Waals surface area (Å²) in [6, 6.07) is 11.1. The highest BCUT2D eigenvalue weighted by molar-refractivity contribution is 9.11. The predicted octanol–water partition coefficient (Wildman–Crippen LogP) is 4.34. The monoisotopic (exact) mass is 393 g/mol. The third-order valence-electron chi connectivity index (χ3n) is 2.87. The first kappa shape index (κ1) is 13.3. The van der Waals surface area contributed by atoms with Gasteiger partial charge in [-0.15, -0.1) is 0 Å². The number of nitrogens with one attached hydrogen (secondary N) is 2. The molecule has 0 fully saturated rings. The van der Waals surface area contributed by atoms with Crippen LogP contribution in [-0.4, -0.2) is 16.1 Å². The molecule has 0 saturated carbocycles. The van der Waals surface area contributed by atoms with Gasteiger partial charge in [-0.05, 0) is 52.3 Å². The van der Waals surface area contributed by atoms with Crippen molar-refractivity contribution in [1.29, 1.82) is 0 Å². The fourth-order valence-corrected chi connectivity index (χ4v) is 2.67. The van der Waals surface area contributed by atoms with E-state index >= 15 is 0 Å². The number of halogens is 2. The van der Waals surface area contributed by atoms with E-state index in [1.54, 1.807) is 12.3 Å². The minimum atomic E-state index is -0.169. The molecule has 2 aromatic carbocycles. The Morgan fingerprint density at radius 2 is 2.00 bits per heavy atom. The summed E-state index contributed by atoms with van der Waals surface area (Å²) < 4.78 is 1.61. The lowest BCUT2D eigenvalue weighted by molar-refractivity contribution is 0.102. The van der Waals surface area contributed by atoms with Crippen molar-refractivity contribution in [3.63, 3.8) is 0 Å². The molecular formula is C14H9Br2N3O. The Morgan fingerprint density at radius 1 is 1.15 bits per heavy atom. The number of rotatable bonds is 2. The van der Waals surface area contributed by atoms with E-state index in [2.05, 4.69) is 47.4 Å². The van der Waals surface area contributed by atoms with E-state index in [1.165, 1.54) is 0 Å². The third-order valence-corrected chi connectivity index (χ3v) is 4.06. The van der Waals surface area contributed by atoms with Gasteiger partial charge >= 0.3 is 0 Å². The lowest BCUT2D eigenvalue weighted by Crippen LogP contribution is -2.12. The van der Waals surface area contributed by atoms with Crippen LogP contribution in [0, 0.1) is 0 Å². The van der Waals surface area contributed by atoms with Gasteiger partial charge in [0.15, 0.2) is 0 Å². The molecule has 20 heavy (non-hydrogen) atoms. The quantitative estimate of drug-likeness (QED) is 0.679. The smallest absolute Gasteiger partial charge is 0.256 e. The number of hydrogen-bond donors (Lipinski definition) is 2. The van der Waals surface area contributed by atoms with Gasteiger partial charge in [0.25, 0.3) is 5.91 Å². The fraction of sp³-hybridized carbons (Fsp3) is 0. The SMILES string of the molecule is O=C(Nc1ccc2cn[nH]c2c1)c1cc(Br)ccc1Br. The number of anilines is 1. The lowest BCUT2D eigenvalue weighted by Gasteiger charge is -2.07. The molecule has 0 aliphatic rings. The van der Waals surface area contributed by atoms with E-state index in [-0.39, 0.29) is 5.91 Å². The molecule has 0 atom stereocenters. The van der Waals surface area contributed by atoms with E-state index in [1.807, 2.05) is 30.3 Å². The molecule has 1 heterocycles. The summed E-state index contributed by atoms with van der Waals surface area (Å²) in [7, 11) is 0. The van der Waals surface area contributed by atoms with Gasteiger partial charge in [-0.3, -0.25) is 9.89 Å². The number of hydrogen-bond acceptors (Lipinski definition) is 2. The summed E-state index contributed by atoms with van der Waals surface area (Å²) in [5.41, 5.74) is 2.18. The van der Waals surface area contributed by atoms with Gasteiger partial charge in [0.2, 0.25) is 0 Å². The number of H-pyrrole nitrogens is 1. The molecule has 0 radical (unpaired) electrons. The summed E-state index contributed by atoms with van der Waals surface area (Å²) in [6.45, 7) is 0. The van der Waals surface area contributed by atoms with E-state index in [0.717, 1.165) is 25.5 Å². The highest BCUT2D eigenvalue weighted by atomic mass is 79.9. The molecule has 0 aliphatic carbocycles. The average molecular weight is 395 g/mol. The van der Waals surface area contributed by atoms with E-state index in [9.17, 15) is 4.79 Å². The Bertz CT molecular complexity index is 798. The van der Waals surface area contributed by atoms with Crippen LogP contribution in [0.3, 0.4) is 0 Å². The molecule has 0 spiro atoms. The maximum absolute atomic E-state index is 12.3. The van der Waals surface area contributed by atoms with Gasteiger partial charge in [-0.25, -0.2) is 0 Å². The number of carbonyl (C=O) groups is 1. The molecule has 0 aliphatic heterocycles. The van der Waals surface area contributed by atoms with Crippen LogP contribution in [0.5, 0.6) is 0 Å². The van der Waals surface area contributed by atoms with Gasteiger partial charge in [0.05, 0.1) is 17.3 Å². The molecule has 0 saturated heterocycles. The van der Waals surface area contributed by atoms with Crippen LogP contribution >= 0.6 is 31.9 Å². The zero-order valence-corrected chi connectivity index (χ0v) is 13.3. The molecule has 0 bridgehead atoms. The number of carbonyl (C=O) groups excluding carboxylic acids is 1. The number of aromatic amines is 1. The number of fused-ring (bicyclic) bond motifs is 1. The standard InChI is InChI=1S/C14H9Br2N3O/c15-9-2-4-12(16)11(5-9)14(20)18-10-3-1-8-7-17-19-13(8)6-10/h1-7H,(H,17,19)(H,18,20). The molecule has 100 valence electrons. The first-order valence-corrected chi connectivity index (χ1v) is 7.41. The van der Waals surface area contributed by atoms with Crippen LogP contribution in [-0.2, 0) is 0 Å². The van der Waals surface area contributed by atoms with E-state index in [0.29, 0.717) is 5.56 Å². The van der Waals surface area contributed by atoms with Gasteiger partial charge in [-0.2, -0.15) is 5.10 Å². The average Bonchev–Trinajstić information content (AvgIpc) is 2.89. The van der Waals surface area contributed by atoms with Crippen LogP contribution in [0.15, 0.2) is 51.5 Å². The number of nitrogens with zero attached hydrogens (tertiary/aromatic N) is 1. The number of aromatic nitrogens is 2. The second-order valence-corrected chi connectivity index (χ2v) is 6.02. The summed E-state index contributed by atoms with van der Waals surface area (Å²) >= 11 is 6.74. The molecule has 1 amide bonds. The van der Waals surface area contributed by atoms with Crippen molar-refractivity contribution in [2.75, 3.05) is 5.32 Å². The van der Waals surface area contributed by atoms with Crippen molar-refractivity contribution in [3.8, 4) is 0 Å². The second kappa shape index (κ2) is 5.38. The Kier molecular flexibility index (Phi) is 3.58. The molecule has 6 heteroatoms. The highest BCUT2D eigenvalue weighted by Gasteiger charge is 2.11. The fourth-order valence-electron chi connectivity index (χ4n) is 1.88. The molecule has 2 N–H and O–H groups in total. The first-order valence-electron chi connectivity index (χ1n) is 5.83. The second-order valence-electron chi connectivity index (χ2n) is 4.25. The topological polar surface area (TPSA) is 57.8 Å². The first-order chi connectivity index (χ1) is 9.63. The molecule has 4 nitrogen and oxygen atoms in total. The minimum absolute atomic E-state index is 0.169. The molecule has 1 aromatic heterocycles. The van der Waals surface area contributed by atoms with Crippen LogP contribution < -0.4 is 5.32 Å². The maximum atomic E-state index is 12.3. The Morgan fingerprint density at radius 3 is 2.85 bits per heavy atom. The van der Waals surface area contributed by atoms with Gasteiger partial charge in [-0.1, -0.05) is 15.9 Å². The van der Waals surface area contributed by atoms with E-state index in [4.69, 9.17) is 0 Å². The summed E-state index contributed by atoms with van der Waals surface area (Å²) in [6.07, 6.45) is 1.74. The van der Waals surface area contributed by atoms with Crippen molar-refractivity contribution in [2.24, 2.45) is 0 Å². The van der Waals surface area contributed by atoms with Gasteiger partial charge < -0.3 is 5.32 Å². The Balaban J connectivity index is 1.89. The highest BCUT2D eigenvalue weighted by Crippen LogP contribution is 2.23. The number of benzene rings is 2. The van der Waals surface area contributed by atoms with Crippen LogP contribution in [0.4, 0.5) is 5.69 Å². The molecule has 0 unspecified atom stereocenters. The van der Waals surface area contributed by atoms with Gasteiger partial charge in [0, 0.05) is 20.0 Å². The van der Waals surface area contributed by atoms with Crippen molar-refractivity contribution < 1.29 is 4.79 Å². The van der Waals surface area contributed by atoms with Crippen molar-refractivity contribution in [1.82, 2.24) is 10.2 Å². The maximum Gasteiger partial charge on any atom is 0.256 e. The van der Waals surface area contributed by atoms with Crippen molar-refractivity contribution in [2.45, 2.75) is 0 Å². The van der Waals surface area contributed by atoms with E-state index < -0.39 is 0 Å². The Hall–Kier alpha value is -1.66. The minimum Gasteiger partial charge on any atom is -0.322 e. The molecule has 3 rings (SSSR count). The van der Waals surface area contributed by atoms with Crippen molar-refractivity contribution >= 4 is 54.4 Å². The van der Waals surface area contributed by atoms with Crippen LogP contribution in [0.1, 0.15) is 10.4 Å². The molecule has 3 aromatic rings. The van der Waals surface area contributed by atoms with Crippen molar-refractivity contribution in [3.05, 3.63) is 57.1 Å². The molecular weight excluding hydrogens is 386 g/mol. The summed E-state index contributed by atoms with van der Waals surface area (Å²) in [5.74, 6) is -0.169. The van der Waals surface area contributed by atoms with Crippen LogP contribution in [0.25, 0.3) is 10.9 Å². The summed E-state index contributed by atoms with van der Waals surface area (Å²) in [5, 5.41) is 10.7. The zero-order chi connectivity index (χ0) is 14.1. The van der Waals surface area contributed by atoms with Gasteiger partial charge in [0.1, 0.15) is 0 Å². The third kappa shape index (κ3) is 2.62. The summed E-state index contributed by atoms with van der Waals surface area (Å²) in [4.78, 5) is 12.3. The number of amides is 1. The predicted molar refractivity (Wildman–Crippen MR) is 85.9 cm³/mol. The van der Waals surface area contributed by atoms with Crippen LogP contribution in [0.2, 0.25) is 0 Å². The zero-order valence-electron chi connectivity index (χ0n) is 10.2. The normalized spacial score (nSPS) is 10.7. The largest absolute Gasteiger partial charge is 0.322 e. The lowest BCUT2D eigenvalue weighted by atomic mass is 10.2. The Labute approximate surface area is 131 Å².